The zero-order valence-corrected chi connectivity index (χ0v) is 11.5. The van der Waals surface area contributed by atoms with Crippen molar-refractivity contribution in [1.82, 2.24) is 0 Å². The van der Waals surface area contributed by atoms with E-state index in [1.807, 2.05) is 37.3 Å². The molecular formula is C18H16N2. The lowest BCUT2D eigenvalue weighted by Crippen LogP contribution is -1.96. The summed E-state index contributed by atoms with van der Waals surface area (Å²) in [5.41, 5.74) is 4.52. The second kappa shape index (κ2) is 6.55. The van der Waals surface area contributed by atoms with Crippen LogP contribution in [0.5, 0.6) is 0 Å². The molecule has 0 fully saturated rings. The van der Waals surface area contributed by atoms with Crippen molar-refractivity contribution < 1.29 is 0 Å². The van der Waals surface area contributed by atoms with Crippen molar-refractivity contribution in [3.63, 3.8) is 0 Å². The van der Waals surface area contributed by atoms with Crippen molar-refractivity contribution in [2.24, 2.45) is 0 Å². The third-order valence-electron chi connectivity index (χ3n) is 3.46. The normalized spacial score (nSPS) is 11.3. The van der Waals surface area contributed by atoms with E-state index in [0.717, 1.165) is 17.5 Å². The summed E-state index contributed by atoms with van der Waals surface area (Å²) in [5.74, 6) is -0.0741. The largest absolute Gasteiger partial charge is 0.198 e. The number of nitrogens with zero attached hydrogens (tertiary/aromatic N) is 2. The van der Waals surface area contributed by atoms with E-state index >= 15 is 0 Å². The van der Waals surface area contributed by atoms with Crippen LogP contribution in [0.2, 0.25) is 0 Å². The van der Waals surface area contributed by atoms with Crippen LogP contribution in [0, 0.1) is 22.7 Å². The number of hydrogen-bond acceptors (Lipinski definition) is 2. The molecule has 2 aromatic rings. The number of benzene rings is 2. The lowest BCUT2D eigenvalue weighted by Gasteiger charge is -2.08. The van der Waals surface area contributed by atoms with Crippen LogP contribution in [-0.4, -0.2) is 0 Å². The van der Waals surface area contributed by atoms with Gasteiger partial charge in [-0.15, -0.1) is 0 Å². The van der Waals surface area contributed by atoms with Crippen LogP contribution in [-0.2, 0) is 12.8 Å². The summed E-state index contributed by atoms with van der Waals surface area (Å²) in [5, 5.41) is 17.8. The van der Waals surface area contributed by atoms with Crippen LogP contribution < -0.4 is 0 Å². The highest BCUT2D eigenvalue weighted by Gasteiger charge is 2.05. The van der Waals surface area contributed by atoms with Gasteiger partial charge in [0.25, 0.3) is 0 Å². The first kappa shape index (κ1) is 13.8. The fourth-order valence-corrected chi connectivity index (χ4v) is 2.21. The minimum Gasteiger partial charge on any atom is -0.198 e. The van der Waals surface area contributed by atoms with Gasteiger partial charge in [0.15, 0.2) is 0 Å². The molecule has 2 aromatic carbocycles. The molecule has 20 heavy (non-hydrogen) atoms. The summed E-state index contributed by atoms with van der Waals surface area (Å²) in [6.07, 6.45) is 1.26. The standard InChI is InChI=1S/C18H16N2/c1-14(13-20)16-8-6-15(7-9-16)12-18-5-3-2-4-17(18)10-11-19/h2-9,14H,10,12H2,1H3. The Balaban J connectivity index is 2.19. The average molecular weight is 260 g/mol. The van der Waals surface area contributed by atoms with E-state index in [4.69, 9.17) is 10.5 Å². The molecule has 98 valence electrons. The predicted octanol–water partition coefficient (Wildman–Crippen LogP) is 3.97. The van der Waals surface area contributed by atoms with Gasteiger partial charge in [-0.1, -0.05) is 48.5 Å². The third-order valence-corrected chi connectivity index (χ3v) is 3.46. The smallest absolute Gasteiger partial charge is 0.0700 e. The molecule has 2 nitrogen and oxygen atoms in total. The summed E-state index contributed by atoms with van der Waals surface area (Å²) in [6.45, 7) is 1.90. The van der Waals surface area contributed by atoms with Crippen molar-refractivity contribution in [1.29, 1.82) is 10.5 Å². The molecule has 0 spiro atoms. The Labute approximate surface area is 119 Å². The van der Waals surface area contributed by atoms with Crippen LogP contribution in [0.4, 0.5) is 0 Å². The van der Waals surface area contributed by atoms with Crippen molar-refractivity contribution in [2.45, 2.75) is 25.7 Å². The highest BCUT2D eigenvalue weighted by atomic mass is 14.3. The lowest BCUT2D eigenvalue weighted by molar-refractivity contribution is 0.977. The summed E-state index contributed by atoms with van der Waals surface area (Å²) in [4.78, 5) is 0. The van der Waals surface area contributed by atoms with Gasteiger partial charge in [0.1, 0.15) is 0 Å². The van der Waals surface area contributed by atoms with Crippen molar-refractivity contribution >= 4 is 0 Å². The molecular weight excluding hydrogens is 244 g/mol. The monoisotopic (exact) mass is 260 g/mol. The molecule has 2 heteroatoms. The number of rotatable bonds is 4. The summed E-state index contributed by atoms with van der Waals surface area (Å²) in [7, 11) is 0. The Hall–Kier alpha value is -2.58. The fourth-order valence-electron chi connectivity index (χ4n) is 2.21. The van der Waals surface area contributed by atoms with Crippen molar-refractivity contribution in [3.05, 3.63) is 70.8 Å². The molecule has 0 aliphatic heterocycles. The molecule has 0 saturated heterocycles. The van der Waals surface area contributed by atoms with Gasteiger partial charge in [-0.2, -0.15) is 10.5 Å². The van der Waals surface area contributed by atoms with Gasteiger partial charge in [-0.05, 0) is 35.6 Å². The molecule has 0 amide bonds. The third kappa shape index (κ3) is 3.25. The van der Waals surface area contributed by atoms with E-state index in [-0.39, 0.29) is 5.92 Å². The molecule has 0 radical (unpaired) electrons. The summed E-state index contributed by atoms with van der Waals surface area (Å²) < 4.78 is 0. The zero-order chi connectivity index (χ0) is 14.4. The zero-order valence-electron chi connectivity index (χ0n) is 11.5. The van der Waals surface area contributed by atoms with Gasteiger partial charge in [-0.3, -0.25) is 0 Å². The molecule has 0 aliphatic rings. The Morgan fingerprint density at radius 1 is 0.950 bits per heavy atom. The van der Waals surface area contributed by atoms with Crippen LogP contribution in [0.25, 0.3) is 0 Å². The van der Waals surface area contributed by atoms with Gasteiger partial charge in [0, 0.05) is 0 Å². The quantitative estimate of drug-likeness (QED) is 0.835. The second-order valence-corrected chi connectivity index (χ2v) is 4.87. The summed E-state index contributed by atoms with van der Waals surface area (Å²) >= 11 is 0. The van der Waals surface area contributed by atoms with Gasteiger partial charge in [0.05, 0.1) is 24.5 Å². The highest BCUT2D eigenvalue weighted by Crippen LogP contribution is 2.18. The average Bonchev–Trinajstić information content (AvgIpc) is 2.49. The van der Waals surface area contributed by atoms with Gasteiger partial charge >= 0.3 is 0 Å². The number of nitriles is 2. The topological polar surface area (TPSA) is 47.6 Å². The SMILES string of the molecule is CC(C#N)c1ccc(Cc2ccccc2CC#N)cc1. The van der Waals surface area contributed by atoms with Crippen LogP contribution in [0.3, 0.4) is 0 Å². The maximum atomic E-state index is 8.91. The van der Waals surface area contributed by atoms with Crippen LogP contribution in [0.1, 0.15) is 35.1 Å². The first-order valence-electron chi connectivity index (χ1n) is 6.66. The Morgan fingerprint density at radius 2 is 1.60 bits per heavy atom. The predicted molar refractivity (Wildman–Crippen MR) is 79.0 cm³/mol. The molecule has 1 atom stereocenters. The molecule has 0 N–H and O–H groups in total. The van der Waals surface area contributed by atoms with Gasteiger partial charge in [-0.25, -0.2) is 0 Å². The Morgan fingerprint density at radius 3 is 2.20 bits per heavy atom. The molecule has 0 aliphatic carbocycles. The van der Waals surface area contributed by atoms with Crippen molar-refractivity contribution in [3.8, 4) is 12.1 Å². The summed E-state index contributed by atoms with van der Waals surface area (Å²) in [6, 6.07) is 20.6. The van der Waals surface area contributed by atoms with Gasteiger partial charge in [0.2, 0.25) is 0 Å². The van der Waals surface area contributed by atoms with E-state index in [9.17, 15) is 0 Å². The second-order valence-electron chi connectivity index (χ2n) is 4.87. The molecule has 0 bridgehead atoms. The van der Waals surface area contributed by atoms with Crippen LogP contribution in [0.15, 0.2) is 48.5 Å². The van der Waals surface area contributed by atoms with Gasteiger partial charge < -0.3 is 0 Å². The minimum absolute atomic E-state index is 0.0741. The first-order chi connectivity index (χ1) is 9.74. The molecule has 0 aromatic heterocycles. The number of hydrogen-bond donors (Lipinski definition) is 0. The molecule has 1 unspecified atom stereocenters. The fraction of sp³-hybridized carbons (Fsp3) is 0.222. The molecule has 2 rings (SSSR count). The Bertz CT molecular complexity index is 657. The highest BCUT2D eigenvalue weighted by molar-refractivity contribution is 5.36. The van der Waals surface area contributed by atoms with E-state index in [1.165, 1.54) is 11.1 Å². The lowest BCUT2D eigenvalue weighted by atomic mass is 9.96. The minimum atomic E-state index is -0.0741. The van der Waals surface area contributed by atoms with E-state index in [1.54, 1.807) is 0 Å². The Kier molecular flexibility index (Phi) is 4.53. The molecule has 0 heterocycles. The van der Waals surface area contributed by atoms with E-state index in [0.29, 0.717) is 6.42 Å². The van der Waals surface area contributed by atoms with E-state index < -0.39 is 0 Å². The molecule has 0 saturated carbocycles. The van der Waals surface area contributed by atoms with Crippen LogP contribution >= 0.6 is 0 Å². The first-order valence-corrected chi connectivity index (χ1v) is 6.66. The maximum Gasteiger partial charge on any atom is 0.0700 e. The maximum absolute atomic E-state index is 8.91. The van der Waals surface area contributed by atoms with Crippen molar-refractivity contribution in [2.75, 3.05) is 0 Å². The van der Waals surface area contributed by atoms with E-state index in [2.05, 4.69) is 30.3 Å².